The standard InChI is InChI=1S/C21H19N3O2S/c1-14-8-11-17(12-9-14)19-20(22-15(2)25)27-21(24-19)23-18(26)13-10-16-6-4-3-5-7-16/h3-13H,1-2H3,(H,22,25)(H,23,24,26)/b13-10+. The van der Waals surface area contributed by atoms with E-state index in [1.807, 2.05) is 61.5 Å². The summed E-state index contributed by atoms with van der Waals surface area (Å²) in [6, 6.07) is 17.4. The molecule has 0 aliphatic carbocycles. The summed E-state index contributed by atoms with van der Waals surface area (Å²) in [6.07, 6.45) is 3.19. The van der Waals surface area contributed by atoms with Crippen molar-refractivity contribution in [3.05, 3.63) is 71.8 Å². The second-order valence-corrected chi connectivity index (χ2v) is 6.98. The van der Waals surface area contributed by atoms with Crippen LogP contribution in [0, 0.1) is 6.92 Å². The Morgan fingerprint density at radius 1 is 1.00 bits per heavy atom. The number of carbonyl (C=O) groups is 2. The molecule has 3 rings (SSSR count). The Morgan fingerprint density at radius 3 is 2.37 bits per heavy atom. The minimum absolute atomic E-state index is 0.186. The van der Waals surface area contributed by atoms with Crippen molar-refractivity contribution >= 4 is 39.4 Å². The minimum atomic E-state index is -0.280. The third-order valence-corrected chi connectivity index (χ3v) is 4.58. The molecule has 6 heteroatoms. The topological polar surface area (TPSA) is 71.1 Å². The van der Waals surface area contributed by atoms with Gasteiger partial charge in [-0.15, -0.1) is 0 Å². The predicted molar refractivity (Wildman–Crippen MR) is 111 cm³/mol. The normalized spacial score (nSPS) is 10.7. The first-order chi connectivity index (χ1) is 13.0. The van der Waals surface area contributed by atoms with Gasteiger partial charge in [0.25, 0.3) is 0 Å². The van der Waals surface area contributed by atoms with Gasteiger partial charge in [0.1, 0.15) is 10.7 Å². The Bertz CT molecular complexity index is 976. The van der Waals surface area contributed by atoms with Gasteiger partial charge in [0, 0.05) is 18.6 Å². The Labute approximate surface area is 161 Å². The van der Waals surface area contributed by atoms with Gasteiger partial charge in [-0.3, -0.25) is 14.9 Å². The van der Waals surface area contributed by atoms with E-state index >= 15 is 0 Å². The van der Waals surface area contributed by atoms with Crippen LogP contribution in [-0.2, 0) is 9.59 Å². The van der Waals surface area contributed by atoms with E-state index in [-0.39, 0.29) is 11.8 Å². The van der Waals surface area contributed by atoms with Crippen molar-refractivity contribution in [1.29, 1.82) is 0 Å². The molecule has 3 aromatic rings. The molecule has 0 saturated carbocycles. The number of anilines is 2. The van der Waals surface area contributed by atoms with Crippen LogP contribution in [0.3, 0.4) is 0 Å². The molecule has 0 unspecified atom stereocenters. The van der Waals surface area contributed by atoms with Gasteiger partial charge in [-0.2, -0.15) is 0 Å². The van der Waals surface area contributed by atoms with Crippen molar-refractivity contribution in [2.24, 2.45) is 0 Å². The summed E-state index contributed by atoms with van der Waals surface area (Å²) in [5.41, 5.74) is 3.58. The Kier molecular flexibility index (Phi) is 5.78. The molecule has 2 N–H and O–H groups in total. The number of carbonyl (C=O) groups excluding carboxylic acids is 2. The molecule has 0 fully saturated rings. The van der Waals surface area contributed by atoms with E-state index in [0.717, 1.165) is 16.7 Å². The average Bonchev–Trinajstić information content (AvgIpc) is 3.03. The van der Waals surface area contributed by atoms with Gasteiger partial charge in [-0.1, -0.05) is 71.5 Å². The zero-order chi connectivity index (χ0) is 19.2. The second-order valence-electron chi connectivity index (χ2n) is 5.98. The number of hydrogen-bond donors (Lipinski definition) is 2. The van der Waals surface area contributed by atoms with Crippen molar-refractivity contribution in [1.82, 2.24) is 4.98 Å². The number of benzene rings is 2. The number of nitrogens with one attached hydrogen (secondary N) is 2. The SMILES string of the molecule is CC(=O)Nc1sc(NC(=O)/C=C/c2ccccc2)nc1-c1ccc(C)cc1. The molecule has 0 atom stereocenters. The second kappa shape index (κ2) is 8.42. The molecule has 0 aliphatic heterocycles. The molecule has 1 heterocycles. The quantitative estimate of drug-likeness (QED) is 0.632. The highest BCUT2D eigenvalue weighted by molar-refractivity contribution is 7.20. The van der Waals surface area contributed by atoms with E-state index in [1.165, 1.54) is 24.3 Å². The molecule has 2 aromatic carbocycles. The average molecular weight is 377 g/mol. The number of nitrogens with zero attached hydrogens (tertiary/aromatic N) is 1. The fourth-order valence-corrected chi connectivity index (χ4v) is 3.35. The molecule has 136 valence electrons. The van der Waals surface area contributed by atoms with Crippen LogP contribution in [0.2, 0.25) is 0 Å². The Morgan fingerprint density at radius 2 is 1.70 bits per heavy atom. The van der Waals surface area contributed by atoms with Gasteiger partial charge in [0.2, 0.25) is 11.8 Å². The Balaban J connectivity index is 1.81. The van der Waals surface area contributed by atoms with Crippen LogP contribution in [0.1, 0.15) is 18.1 Å². The molecule has 2 amide bonds. The van der Waals surface area contributed by atoms with E-state index in [0.29, 0.717) is 15.8 Å². The molecule has 0 saturated heterocycles. The van der Waals surface area contributed by atoms with Crippen LogP contribution in [0.25, 0.3) is 17.3 Å². The number of aryl methyl sites for hydroxylation is 1. The number of aromatic nitrogens is 1. The first-order valence-corrected chi connectivity index (χ1v) is 9.22. The third kappa shape index (κ3) is 5.12. The monoisotopic (exact) mass is 377 g/mol. The third-order valence-electron chi connectivity index (χ3n) is 3.70. The van der Waals surface area contributed by atoms with Crippen molar-refractivity contribution in [2.75, 3.05) is 10.6 Å². The summed E-state index contributed by atoms with van der Waals surface area (Å²) in [7, 11) is 0. The molecule has 0 spiro atoms. The zero-order valence-electron chi connectivity index (χ0n) is 15.0. The van der Waals surface area contributed by atoms with E-state index in [4.69, 9.17) is 0 Å². The van der Waals surface area contributed by atoms with Crippen LogP contribution >= 0.6 is 11.3 Å². The van der Waals surface area contributed by atoms with Gasteiger partial charge < -0.3 is 5.32 Å². The fourth-order valence-electron chi connectivity index (χ4n) is 2.41. The lowest BCUT2D eigenvalue weighted by Crippen LogP contribution is -2.07. The first-order valence-electron chi connectivity index (χ1n) is 8.41. The highest BCUT2D eigenvalue weighted by Crippen LogP contribution is 2.36. The molecule has 0 aliphatic rings. The van der Waals surface area contributed by atoms with Crippen molar-refractivity contribution in [3.8, 4) is 11.3 Å². The smallest absolute Gasteiger partial charge is 0.250 e. The molecule has 5 nitrogen and oxygen atoms in total. The first kappa shape index (κ1) is 18.5. The lowest BCUT2D eigenvalue weighted by molar-refractivity contribution is -0.114. The van der Waals surface area contributed by atoms with E-state index < -0.39 is 0 Å². The van der Waals surface area contributed by atoms with Gasteiger partial charge in [-0.25, -0.2) is 4.98 Å². The van der Waals surface area contributed by atoms with Crippen molar-refractivity contribution < 1.29 is 9.59 Å². The van der Waals surface area contributed by atoms with Crippen LogP contribution in [-0.4, -0.2) is 16.8 Å². The van der Waals surface area contributed by atoms with Gasteiger partial charge >= 0.3 is 0 Å². The lowest BCUT2D eigenvalue weighted by atomic mass is 10.1. The lowest BCUT2D eigenvalue weighted by Gasteiger charge is -2.02. The zero-order valence-corrected chi connectivity index (χ0v) is 15.8. The minimum Gasteiger partial charge on any atom is -0.316 e. The van der Waals surface area contributed by atoms with Gasteiger partial charge in [0.15, 0.2) is 5.13 Å². The summed E-state index contributed by atoms with van der Waals surface area (Å²) in [5, 5.41) is 6.58. The predicted octanol–water partition coefficient (Wildman–Crippen LogP) is 4.73. The number of rotatable bonds is 5. The molecule has 0 bridgehead atoms. The summed E-state index contributed by atoms with van der Waals surface area (Å²) >= 11 is 1.23. The maximum Gasteiger partial charge on any atom is 0.250 e. The summed E-state index contributed by atoms with van der Waals surface area (Å²) in [4.78, 5) is 28.2. The summed E-state index contributed by atoms with van der Waals surface area (Å²) in [6.45, 7) is 3.45. The maximum atomic E-state index is 12.2. The van der Waals surface area contributed by atoms with Gasteiger partial charge in [0.05, 0.1) is 0 Å². The molecular weight excluding hydrogens is 358 g/mol. The highest BCUT2D eigenvalue weighted by atomic mass is 32.1. The molecular formula is C21H19N3O2S. The van der Waals surface area contributed by atoms with Crippen LogP contribution in [0.15, 0.2) is 60.7 Å². The van der Waals surface area contributed by atoms with E-state index in [2.05, 4.69) is 15.6 Å². The van der Waals surface area contributed by atoms with Crippen LogP contribution in [0.5, 0.6) is 0 Å². The highest BCUT2D eigenvalue weighted by Gasteiger charge is 2.15. The van der Waals surface area contributed by atoms with Crippen molar-refractivity contribution in [2.45, 2.75) is 13.8 Å². The Hall–Kier alpha value is -3.25. The number of thiazole rings is 1. The number of hydrogen-bond acceptors (Lipinski definition) is 4. The molecule has 1 aromatic heterocycles. The van der Waals surface area contributed by atoms with Crippen LogP contribution < -0.4 is 10.6 Å². The van der Waals surface area contributed by atoms with Gasteiger partial charge in [-0.05, 0) is 18.6 Å². The van der Waals surface area contributed by atoms with Crippen LogP contribution in [0.4, 0.5) is 10.1 Å². The largest absolute Gasteiger partial charge is 0.316 e. The summed E-state index contributed by atoms with van der Waals surface area (Å²) < 4.78 is 0. The fraction of sp³-hybridized carbons (Fsp3) is 0.0952. The summed E-state index contributed by atoms with van der Waals surface area (Å²) in [5.74, 6) is -0.466. The van der Waals surface area contributed by atoms with E-state index in [1.54, 1.807) is 6.08 Å². The number of amides is 2. The molecule has 0 radical (unpaired) electrons. The molecule has 27 heavy (non-hydrogen) atoms. The van der Waals surface area contributed by atoms with Crippen molar-refractivity contribution in [3.63, 3.8) is 0 Å². The van der Waals surface area contributed by atoms with E-state index in [9.17, 15) is 9.59 Å². The maximum absolute atomic E-state index is 12.2.